The van der Waals surface area contributed by atoms with Crippen LogP contribution in [-0.4, -0.2) is 21.2 Å². The second-order valence-corrected chi connectivity index (χ2v) is 5.62. The fourth-order valence-corrected chi connectivity index (χ4v) is 3.04. The molecule has 2 heterocycles. The molecule has 0 saturated heterocycles. The molecule has 2 rings (SSSR count). The maximum absolute atomic E-state index is 5.69. The topological polar surface area (TPSA) is 43.3 Å². The van der Waals surface area contributed by atoms with E-state index in [1.807, 2.05) is 24.9 Å². The van der Waals surface area contributed by atoms with E-state index in [1.165, 1.54) is 0 Å². The summed E-state index contributed by atoms with van der Waals surface area (Å²) in [6.45, 7) is 2.05. The summed E-state index contributed by atoms with van der Waals surface area (Å²) in [4.78, 5) is 5.60. The van der Waals surface area contributed by atoms with E-state index >= 15 is 0 Å². The third-order valence-corrected chi connectivity index (χ3v) is 3.91. The fraction of sp³-hybridized carbons (Fsp3) is 0.500. The molecule has 2 N–H and O–H groups in total. The van der Waals surface area contributed by atoms with E-state index in [0.717, 1.165) is 28.6 Å². The van der Waals surface area contributed by atoms with Gasteiger partial charge in [0.05, 0.1) is 5.69 Å². The number of nitrogens with two attached hydrogens (primary N) is 1. The van der Waals surface area contributed by atoms with E-state index in [0.29, 0.717) is 6.04 Å². The average Bonchev–Trinajstić information content (AvgIpc) is 2.71. The van der Waals surface area contributed by atoms with E-state index in [9.17, 15) is 0 Å². The lowest BCUT2D eigenvalue weighted by molar-refractivity contribution is 0.721. The highest BCUT2D eigenvalue weighted by Gasteiger charge is 2.02. The van der Waals surface area contributed by atoms with Crippen LogP contribution in [0.4, 0.5) is 0 Å². The van der Waals surface area contributed by atoms with Gasteiger partial charge in [-0.2, -0.15) is 11.8 Å². The molecule has 0 fully saturated rings. The third kappa shape index (κ3) is 2.96. The van der Waals surface area contributed by atoms with Crippen LogP contribution in [-0.2, 0) is 5.75 Å². The minimum absolute atomic E-state index is 0.308. The molecule has 0 spiro atoms. The fourth-order valence-electron chi connectivity index (χ4n) is 1.29. The highest BCUT2D eigenvalue weighted by molar-refractivity contribution is 7.98. The Bertz CT molecular complexity index is 390. The molecule has 0 radical (unpaired) electrons. The highest BCUT2D eigenvalue weighted by Crippen LogP contribution is 2.16. The van der Waals surface area contributed by atoms with Crippen molar-refractivity contribution in [3.05, 3.63) is 23.5 Å². The Labute approximate surface area is 97.7 Å². The van der Waals surface area contributed by atoms with E-state index in [4.69, 9.17) is 5.73 Å². The first-order valence-electron chi connectivity index (χ1n) is 5.00. The molecule has 0 amide bonds. The summed E-state index contributed by atoms with van der Waals surface area (Å²) in [6.07, 6.45) is 5.22. The Morgan fingerprint density at radius 1 is 1.67 bits per heavy atom. The molecule has 2 aromatic rings. The van der Waals surface area contributed by atoms with Gasteiger partial charge in [-0.05, 0) is 19.1 Å². The molecule has 0 aliphatic heterocycles. The van der Waals surface area contributed by atoms with Crippen LogP contribution in [0.5, 0.6) is 0 Å². The van der Waals surface area contributed by atoms with Crippen molar-refractivity contribution in [3.8, 4) is 0 Å². The van der Waals surface area contributed by atoms with Gasteiger partial charge in [-0.1, -0.05) is 0 Å². The van der Waals surface area contributed by atoms with Crippen LogP contribution in [0.1, 0.15) is 19.0 Å². The molecule has 1 atom stereocenters. The molecule has 1 unspecified atom stereocenters. The Morgan fingerprint density at radius 2 is 2.53 bits per heavy atom. The molecule has 0 bridgehead atoms. The minimum atomic E-state index is 0.308. The summed E-state index contributed by atoms with van der Waals surface area (Å²) >= 11 is 3.58. The summed E-state index contributed by atoms with van der Waals surface area (Å²) in [5.41, 5.74) is 6.85. The summed E-state index contributed by atoms with van der Waals surface area (Å²) in [7, 11) is 0. The third-order valence-electron chi connectivity index (χ3n) is 2.11. The average molecular weight is 241 g/mol. The number of hydrogen-bond donors (Lipinski definition) is 1. The van der Waals surface area contributed by atoms with Gasteiger partial charge in [-0.3, -0.25) is 4.40 Å². The lowest BCUT2D eigenvalue weighted by atomic mass is 10.3. The molecular weight excluding hydrogens is 226 g/mol. The van der Waals surface area contributed by atoms with Crippen molar-refractivity contribution < 1.29 is 0 Å². The summed E-state index contributed by atoms with van der Waals surface area (Å²) < 4.78 is 2.08. The molecular formula is C10H15N3S2. The smallest absolute Gasteiger partial charge is 0.193 e. The Morgan fingerprint density at radius 3 is 3.27 bits per heavy atom. The number of aromatic nitrogens is 2. The van der Waals surface area contributed by atoms with Gasteiger partial charge in [0.2, 0.25) is 0 Å². The van der Waals surface area contributed by atoms with E-state index < -0.39 is 0 Å². The Balaban J connectivity index is 1.82. The SMILES string of the molecule is CC(N)CCSCc1cn2ccsc2n1. The second kappa shape index (κ2) is 5.01. The zero-order chi connectivity index (χ0) is 10.7. The zero-order valence-corrected chi connectivity index (χ0v) is 10.4. The van der Waals surface area contributed by atoms with Crippen molar-refractivity contribution in [2.75, 3.05) is 5.75 Å². The van der Waals surface area contributed by atoms with Gasteiger partial charge >= 0.3 is 0 Å². The van der Waals surface area contributed by atoms with Gasteiger partial charge in [0, 0.05) is 29.6 Å². The van der Waals surface area contributed by atoms with Gasteiger partial charge in [-0.15, -0.1) is 11.3 Å². The minimum Gasteiger partial charge on any atom is -0.328 e. The van der Waals surface area contributed by atoms with Gasteiger partial charge in [-0.25, -0.2) is 4.98 Å². The van der Waals surface area contributed by atoms with Crippen LogP contribution in [0.15, 0.2) is 17.8 Å². The maximum Gasteiger partial charge on any atom is 0.193 e. The molecule has 0 saturated carbocycles. The van der Waals surface area contributed by atoms with E-state index in [-0.39, 0.29) is 0 Å². The Hall–Kier alpha value is -0.520. The van der Waals surface area contributed by atoms with E-state index in [1.54, 1.807) is 11.3 Å². The molecule has 5 heteroatoms. The lowest BCUT2D eigenvalue weighted by Crippen LogP contribution is -2.15. The van der Waals surface area contributed by atoms with Crippen LogP contribution in [0.3, 0.4) is 0 Å². The lowest BCUT2D eigenvalue weighted by Gasteiger charge is -2.02. The summed E-state index contributed by atoms with van der Waals surface area (Å²) in [5, 5.41) is 2.05. The van der Waals surface area contributed by atoms with Crippen LogP contribution in [0.2, 0.25) is 0 Å². The highest BCUT2D eigenvalue weighted by atomic mass is 32.2. The van der Waals surface area contributed by atoms with Gasteiger partial charge in [0.25, 0.3) is 0 Å². The number of rotatable bonds is 5. The van der Waals surface area contributed by atoms with Crippen LogP contribution >= 0.6 is 23.1 Å². The van der Waals surface area contributed by atoms with Crippen molar-refractivity contribution in [1.29, 1.82) is 0 Å². The summed E-state index contributed by atoms with van der Waals surface area (Å²) in [5.74, 6) is 2.10. The quantitative estimate of drug-likeness (QED) is 0.817. The standard InChI is InChI=1S/C10H15N3S2/c1-8(11)2-4-14-7-9-6-13-3-5-15-10(13)12-9/h3,5-6,8H,2,4,7,11H2,1H3. The number of thiazole rings is 1. The van der Waals surface area contributed by atoms with Crippen LogP contribution in [0, 0.1) is 0 Å². The first-order chi connectivity index (χ1) is 7.25. The number of imidazole rings is 1. The monoisotopic (exact) mass is 241 g/mol. The predicted octanol–water partition coefficient (Wildman–Crippen LogP) is 2.37. The van der Waals surface area contributed by atoms with Crippen molar-refractivity contribution in [1.82, 2.24) is 9.38 Å². The van der Waals surface area contributed by atoms with E-state index in [2.05, 4.69) is 21.0 Å². The molecule has 3 nitrogen and oxygen atoms in total. The van der Waals surface area contributed by atoms with Gasteiger partial charge < -0.3 is 5.73 Å². The van der Waals surface area contributed by atoms with Crippen molar-refractivity contribution in [2.24, 2.45) is 5.73 Å². The van der Waals surface area contributed by atoms with Crippen LogP contribution in [0.25, 0.3) is 4.96 Å². The maximum atomic E-state index is 5.69. The van der Waals surface area contributed by atoms with Gasteiger partial charge in [0.15, 0.2) is 4.96 Å². The van der Waals surface area contributed by atoms with Crippen LogP contribution < -0.4 is 5.73 Å². The number of nitrogens with zero attached hydrogens (tertiary/aromatic N) is 2. The second-order valence-electron chi connectivity index (χ2n) is 3.64. The molecule has 15 heavy (non-hydrogen) atoms. The number of hydrogen-bond acceptors (Lipinski definition) is 4. The summed E-state index contributed by atoms with van der Waals surface area (Å²) in [6, 6.07) is 0.308. The first-order valence-corrected chi connectivity index (χ1v) is 7.03. The van der Waals surface area contributed by atoms with Gasteiger partial charge in [0.1, 0.15) is 0 Å². The number of fused-ring (bicyclic) bond motifs is 1. The molecule has 0 aliphatic rings. The van der Waals surface area contributed by atoms with Crippen molar-refractivity contribution >= 4 is 28.1 Å². The van der Waals surface area contributed by atoms with Crippen molar-refractivity contribution in [3.63, 3.8) is 0 Å². The predicted molar refractivity (Wildman–Crippen MR) is 67.5 cm³/mol. The zero-order valence-electron chi connectivity index (χ0n) is 8.72. The normalized spacial score (nSPS) is 13.5. The van der Waals surface area contributed by atoms with Crippen molar-refractivity contribution in [2.45, 2.75) is 25.1 Å². The first kappa shape index (κ1) is 11.0. The largest absolute Gasteiger partial charge is 0.328 e. The molecule has 0 aliphatic carbocycles. The number of thioether (sulfide) groups is 1. The molecule has 0 aromatic carbocycles. The molecule has 82 valence electrons. The molecule has 2 aromatic heterocycles. The Kier molecular flexibility index (Phi) is 3.66.